The van der Waals surface area contributed by atoms with Crippen LogP contribution in [0.4, 0.5) is 5.69 Å². The van der Waals surface area contributed by atoms with E-state index < -0.39 is 0 Å². The number of hydrogen-bond acceptors (Lipinski definition) is 4. The molecule has 1 fully saturated rings. The molecule has 1 aliphatic rings. The minimum Gasteiger partial charge on any atom is -0.491 e. The summed E-state index contributed by atoms with van der Waals surface area (Å²) >= 11 is 0. The molecule has 0 radical (unpaired) electrons. The second-order valence-corrected chi connectivity index (χ2v) is 5.72. The third-order valence-electron chi connectivity index (χ3n) is 3.89. The Morgan fingerprint density at radius 2 is 1.96 bits per heavy atom. The van der Waals surface area contributed by atoms with Crippen LogP contribution in [0.25, 0.3) is 0 Å². The summed E-state index contributed by atoms with van der Waals surface area (Å²) in [5, 5.41) is 5.28. The van der Waals surface area contributed by atoms with Gasteiger partial charge in [-0.3, -0.25) is 14.5 Å². The van der Waals surface area contributed by atoms with Crippen LogP contribution in [0.15, 0.2) is 18.2 Å². The van der Waals surface area contributed by atoms with Crippen LogP contribution in [0.3, 0.4) is 0 Å². The Bertz CT molecular complexity index is 554. The molecule has 2 amide bonds. The molecule has 6 heteroatoms. The van der Waals surface area contributed by atoms with Crippen molar-refractivity contribution in [2.45, 2.75) is 26.2 Å². The maximum Gasteiger partial charge on any atom is 0.254 e. The highest BCUT2D eigenvalue weighted by Gasteiger charge is 2.14. The van der Waals surface area contributed by atoms with E-state index in [0.717, 1.165) is 19.6 Å². The lowest BCUT2D eigenvalue weighted by Gasteiger charge is -2.26. The van der Waals surface area contributed by atoms with Crippen LogP contribution in [0.5, 0.6) is 5.75 Å². The summed E-state index contributed by atoms with van der Waals surface area (Å²) < 4.78 is 5.81. The van der Waals surface area contributed by atoms with Crippen LogP contribution in [-0.4, -0.2) is 50.0 Å². The Kier molecular flexibility index (Phi) is 6.40. The fraction of sp³-hybridized carbons (Fsp3) is 0.529. The van der Waals surface area contributed by atoms with Gasteiger partial charge in [0, 0.05) is 26.2 Å². The molecule has 23 heavy (non-hydrogen) atoms. The van der Waals surface area contributed by atoms with Gasteiger partial charge >= 0.3 is 0 Å². The van der Waals surface area contributed by atoms with Gasteiger partial charge in [0.15, 0.2) is 0 Å². The van der Waals surface area contributed by atoms with Crippen molar-refractivity contribution >= 4 is 17.5 Å². The molecule has 0 bridgehead atoms. The first kappa shape index (κ1) is 17.3. The van der Waals surface area contributed by atoms with E-state index in [1.165, 1.54) is 26.2 Å². The summed E-state index contributed by atoms with van der Waals surface area (Å²) in [7, 11) is 1.57. The van der Waals surface area contributed by atoms with E-state index in [0.29, 0.717) is 23.6 Å². The summed E-state index contributed by atoms with van der Waals surface area (Å²) in [5.41, 5.74) is 1.01. The monoisotopic (exact) mass is 319 g/mol. The molecule has 1 aliphatic heterocycles. The van der Waals surface area contributed by atoms with Crippen LogP contribution >= 0.6 is 0 Å². The number of carbonyl (C=O) groups excluding carboxylic acids is 2. The Morgan fingerprint density at radius 1 is 1.22 bits per heavy atom. The van der Waals surface area contributed by atoms with Gasteiger partial charge in [-0.1, -0.05) is 6.42 Å². The molecule has 0 spiro atoms. The van der Waals surface area contributed by atoms with E-state index in [1.54, 1.807) is 25.2 Å². The van der Waals surface area contributed by atoms with Crippen LogP contribution in [0, 0.1) is 0 Å². The number of rotatable bonds is 6. The zero-order valence-electron chi connectivity index (χ0n) is 13.9. The van der Waals surface area contributed by atoms with Gasteiger partial charge in [-0.05, 0) is 44.1 Å². The second-order valence-electron chi connectivity index (χ2n) is 5.72. The number of amides is 2. The SMILES string of the molecule is CNC(=O)c1cc(NC(C)=O)ccc1OCCN1CCCCC1. The van der Waals surface area contributed by atoms with E-state index in [9.17, 15) is 9.59 Å². The van der Waals surface area contributed by atoms with Gasteiger partial charge in [0.1, 0.15) is 12.4 Å². The summed E-state index contributed by atoms with van der Waals surface area (Å²) in [4.78, 5) is 25.6. The van der Waals surface area contributed by atoms with Gasteiger partial charge in [-0.25, -0.2) is 0 Å². The number of likely N-dealkylation sites (tertiary alicyclic amines) is 1. The van der Waals surface area contributed by atoms with Gasteiger partial charge < -0.3 is 15.4 Å². The molecule has 2 rings (SSSR count). The lowest BCUT2D eigenvalue weighted by Crippen LogP contribution is -2.33. The van der Waals surface area contributed by atoms with Crippen molar-refractivity contribution in [3.8, 4) is 5.75 Å². The van der Waals surface area contributed by atoms with Crippen molar-refractivity contribution in [3.63, 3.8) is 0 Å². The molecular formula is C17H25N3O3. The predicted octanol–water partition coefficient (Wildman–Crippen LogP) is 1.87. The number of carbonyl (C=O) groups is 2. The predicted molar refractivity (Wildman–Crippen MR) is 89.9 cm³/mol. The highest BCUT2D eigenvalue weighted by atomic mass is 16.5. The first-order chi connectivity index (χ1) is 11.1. The molecule has 1 aromatic carbocycles. The molecule has 1 aromatic rings. The quantitative estimate of drug-likeness (QED) is 0.840. The molecule has 6 nitrogen and oxygen atoms in total. The average molecular weight is 319 g/mol. The highest BCUT2D eigenvalue weighted by molar-refractivity contribution is 5.99. The number of piperidine rings is 1. The minimum atomic E-state index is -0.231. The fourth-order valence-electron chi connectivity index (χ4n) is 2.72. The van der Waals surface area contributed by atoms with Crippen LogP contribution in [0.2, 0.25) is 0 Å². The van der Waals surface area contributed by atoms with Crippen molar-refractivity contribution in [1.82, 2.24) is 10.2 Å². The average Bonchev–Trinajstić information content (AvgIpc) is 2.55. The Labute approximate surface area is 137 Å². The van der Waals surface area contributed by atoms with E-state index in [2.05, 4.69) is 15.5 Å². The third-order valence-corrected chi connectivity index (χ3v) is 3.89. The molecule has 2 N–H and O–H groups in total. The zero-order valence-corrected chi connectivity index (χ0v) is 13.9. The Morgan fingerprint density at radius 3 is 2.61 bits per heavy atom. The van der Waals surface area contributed by atoms with Crippen molar-refractivity contribution in [3.05, 3.63) is 23.8 Å². The Hall–Kier alpha value is -2.08. The molecule has 0 saturated carbocycles. The van der Waals surface area contributed by atoms with Gasteiger partial charge in [-0.15, -0.1) is 0 Å². The number of ether oxygens (including phenoxy) is 1. The standard InChI is InChI=1S/C17H25N3O3/c1-13(21)19-14-6-7-16(15(12-14)17(22)18-2)23-11-10-20-8-4-3-5-9-20/h6-7,12H,3-5,8-11H2,1-2H3,(H,18,22)(H,19,21). The van der Waals surface area contributed by atoms with E-state index >= 15 is 0 Å². The number of anilines is 1. The smallest absolute Gasteiger partial charge is 0.254 e. The third kappa shape index (κ3) is 5.25. The van der Waals surface area contributed by atoms with Crippen molar-refractivity contribution in [2.75, 3.05) is 38.6 Å². The molecule has 0 unspecified atom stereocenters. The minimum absolute atomic E-state index is 0.174. The molecule has 0 atom stereocenters. The van der Waals surface area contributed by atoms with E-state index in [4.69, 9.17) is 4.74 Å². The summed E-state index contributed by atoms with van der Waals surface area (Å²) in [6.45, 7) is 5.08. The normalized spacial score (nSPS) is 15.0. The van der Waals surface area contributed by atoms with Gasteiger partial charge in [0.2, 0.25) is 5.91 Å². The topological polar surface area (TPSA) is 70.7 Å². The van der Waals surface area contributed by atoms with Crippen molar-refractivity contribution in [2.24, 2.45) is 0 Å². The largest absolute Gasteiger partial charge is 0.491 e. The van der Waals surface area contributed by atoms with E-state index in [-0.39, 0.29) is 11.8 Å². The Balaban J connectivity index is 2.00. The summed E-state index contributed by atoms with van der Waals surface area (Å²) in [6.07, 6.45) is 3.80. The second kappa shape index (κ2) is 8.53. The molecular weight excluding hydrogens is 294 g/mol. The molecule has 126 valence electrons. The molecule has 0 aliphatic carbocycles. The van der Waals surface area contributed by atoms with E-state index in [1.807, 2.05) is 0 Å². The molecule has 1 heterocycles. The highest BCUT2D eigenvalue weighted by Crippen LogP contribution is 2.23. The maximum absolute atomic E-state index is 12.0. The van der Waals surface area contributed by atoms with Crippen molar-refractivity contribution in [1.29, 1.82) is 0 Å². The van der Waals surface area contributed by atoms with Gasteiger partial charge in [0.25, 0.3) is 5.91 Å². The summed E-state index contributed by atoms with van der Waals surface area (Å²) in [5.74, 6) is 0.132. The number of hydrogen-bond donors (Lipinski definition) is 2. The number of benzene rings is 1. The van der Waals surface area contributed by atoms with Crippen LogP contribution in [-0.2, 0) is 4.79 Å². The fourth-order valence-corrected chi connectivity index (χ4v) is 2.72. The van der Waals surface area contributed by atoms with Gasteiger partial charge in [0.05, 0.1) is 5.56 Å². The summed E-state index contributed by atoms with van der Waals surface area (Å²) in [6, 6.07) is 5.10. The first-order valence-corrected chi connectivity index (χ1v) is 8.09. The molecule has 1 saturated heterocycles. The maximum atomic E-state index is 12.0. The zero-order chi connectivity index (χ0) is 16.7. The number of nitrogens with one attached hydrogen (secondary N) is 2. The van der Waals surface area contributed by atoms with Gasteiger partial charge in [-0.2, -0.15) is 0 Å². The first-order valence-electron chi connectivity index (χ1n) is 8.09. The van der Waals surface area contributed by atoms with Crippen molar-refractivity contribution < 1.29 is 14.3 Å². The van der Waals surface area contributed by atoms with Crippen LogP contribution in [0.1, 0.15) is 36.5 Å². The lowest BCUT2D eigenvalue weighted by atomic mass is 10.1. The lowest BCUT2D eigenvalue weighted by molar-refractivity contribution is -0.114. The molecule has 0 aromatic heterocycles. The number of nitrogens with zero attached hydrogens (tertiary/aromatic N) is 1. The van der Waals surface area contributed by atoms with Crippen LogP contribution < -0.4 is 15.4 Å².